The Labute approximate surface area is 163 Å². The molecule has 2 aromatic carbocycles. The summed E-state index contributed by atoms with van der Waals surface area (Å²) in [4.78, 5) is 33.3. The molecule has 6 nitrogen and oxygen atoms in total. The summed E-state index contributed by atoms with van der Waals surface area (Å²) in [5.41, 5.74) is 3.77. The fourth-order valence-electron chi connectivity index (χ4n) is 3.35. The lowest BCUT2D eigenvalue weighted by molar-refractivity contribution is -0.117. The molecule has 0 aliphatic carbocycles. The van der Waals surface area contributed by atoms with Crippen molar-refractivity contribution in [1.29, 1.82) is 0 Å². The number of imidazole rings is 1. The van der Waals surface area contributed by atoms with Gasteiger partial charge in [0.05, 0.1) is 11.0 Å². The van der Waals surface area contributed by atoms with Gasteiger partial charge in [-0.15, -0.1) is 0 Å². The van der Waals surface area contributed by atoms with Crippen LogP contribution in [0.25, 0.3) is 17.1 Å². The first-order chi connectivity index (χ1) is 13.7. The average Bonchev–Trinajstić information content (AvgIpc) is 3.32. The molecule has 0 radical (unpaired) electrons. The number of H-pyrrole nitrogens is 1. The summed E-state index contributed by atoms with van der Waals surface area (Å²) in [5, 5.41) is 2.87. The molecule has 4 rings (SSSR count). The second-order valence-corrected chi connectivity index (χ2v) is 6.82. The Morgan fingerprint density at radius 2 is 2.00 bits per heavy atom. The number of carbonyl (C=O) groups excluding carboxylic acids is 2. The number of fused-ring (bicyclic) bond motifs is 1. The van der Waals surface area contributed by atoms with Gasteiger partial charge >= 0.3 is 0 Å². The van der Waals surface area contributed by atoms with Crippen LogP contribution in [-0.4, -0.2) is 34.9 Å². The minimum atomic E-state index is -0.144. The molecule has 1 saturated heterocycles. The summed E-state index contributed by atoms with van der Waals surface area (Å²) >= 11 is 0. The number of para-hydroxylation sites is 2. The van der Waals surface area contributed by atoms with Crippen LogP contribution in [0.4, 0.5) is 5.69 Å². The molecule has 0 bridgehead atoms. The van der Waals surface area contributed by atoms with Crippen LogP contribution >= 0.6 is 0 Å². The molecule has 3 aromatic rings. The molecular weight excluding hydrogens is 352 g/mol. The predicted octanol–water partition coefficient (Wildman–Crippen LogP) is 3.06. The van der Waals surface area contributed by atoms with Gasteiger partial charge in [0.15, 0.2) is 0 Å². The van der Waals surface area contributed by atoms with E-state index < -0.39 is 0 Å². The van der Waals surface area contributed by atoms with E-state index in [1.165, 1.54) is 6.08 Å². The van der Waals surface area contributed by atoms with E-state index in [0.29, 0.717) is 19.4 Å². The zero-order valence-electron chi connectivity index (χ0n) is 15.5. The molecule has 0 spiro atoms. The Morgan fingerprint density at radius 1 is 1.18 bits per heavy atom. The molecule has 28 heavy (non-hydrogen) atoms. The first kappa shape index (κ1) is 18.0. The van der Waals surface area contributed by atoms with E-state index in [9.17, 15) is 9.59 Å². The standard InChI is InChI=1S/C22H22N4O2/c27-21(23-14-13-20-24-18-4-1-2-5-19(18)25-20)12-9-16-7-10-17(11-8-16)26-15-3-6-22(26)28/h1-2,4-5,7-12H,3,6,13-15H2,(H,23,27)(H,24,25)/b12-9+. The Kier molecular flexibility index (Phi) is 5.19. The van der Waals surface area contributed by atoms with E-state index in [-0.39, 0.29) is 11.8 Å². The lowest BCUT2D eigenvalue weighted by Gasteiger charge is -2.15. The van der Waals surface area contributed by atoms with Crippen LogP contribution < -0.4 is 10.2 Å². The van der Waals surface area contributed by atoms with E-state index in [1.807, 2.05) is 48.5 Å². The summed E-state index contributed by atoms with van der Waals surface area (Å²) in [6.07, 6.45) is 5.47. The minimum absolute atomic E-state index is 0.144. The smallest absolute Gasteiger partial charge is 0.244 e. The van der Waals surface area contributed by atoms with Gasteiger partial charge in [0.25, 0.3) is 0 Å². The second-order valence-electron chi connectivity index (χ2n) is 6.82. The third kappa shape index (κ3) is 4.11. The predicted molar refractivity (Wildman–Crippen MR) is 110 cm³/mol. The molecule has 1 aromatic heterocycles. The van der Waals surface area contributed by atoms with Crippen LogP contribution in [0.3, 0.4) is 0 Å². The molecule has 6 heteroatoms. The van der Waals surface area contributed by atoms with Crippen molar-refractivity contribution in [3.8, 4) is 0 Å². The van der Waals surface area contributed by atoms with Crippen molar-refractivity contribution in [1.82, 2.24) is 15.3 Å². The maximum Gasteiger partial charge on any atom is 0.244 e. The number of hydrogen-bond donors (Lipinski definition) is 2. The molecule has 142 valence electrons. The van der Waals surface area contributed by atoms with Gasteiger partial charge in [-0.1, -0.05) is 24.3 Å². The van der Waals surface area contributed by atoms with Crippen LogP contribution in [-0.2, 0) is 16.0 Å². The van der Waals surface area contributed by atoms with Crippen molar-refractivity contribution < 1.29 is 9.59 Å². The molecule has 2 N–H and O–H groups in total. The molecule has 0 saturated carbocycles. The Bertz CT molecular complexity index is 987. The third-order valence-electron chi connectivity index (χ3n) is 4.80. The van der Waals surface area contributed by atoms with E-state index in [0.717, 1.165) is 41.1 Å². The number of aromatic nitrogens is 2. The summed E-state index contributed by atoms with van der Waals surface area (Å²) in [7, 11) is 0. The van der Waals surface area contributed by atoms with Crippen molar-refractivity contribution in [2.45, 2.75) is 19.3 Å². The number of rotatable bonds is 6. The van der Waals surface area contributed by atoms with Gasteiger partial charge in [0.1, 0.15) is 5.82 Å². The van der Waals surface area contributed by atoms with E-state index >= 15 is 0 Å². The van der Waals surface area contributed by atoms with Crippen LogP contribution in [0.5, 0.6) is 0 Å². The SMILES string of the molecule is O=C(/C=C/c1ccc(N2CCCC2=O)cc1)NCCc1nc2ccccc2[nH]1. The number of nitrogens with zero attached hydrogens (tertiary/aromatic N) is 2. The number of aromatic amines is 1. The largest absolute Gasteiger partial charge is 0.352 e. The van der Waals surface area contributed by atoms with Crippen molar-refractivity contribution >= 4 is 34.6 Å². The number of carbonyl (C=O) groups is 2. The van der Waals surface area contributed by atoms with Gasteiger partial charge in [-0.2, -0.15) is 0 Å². The van der Waals surface area contributed by atoms with Crippen molar-refractivity contribution in [3.05, 3.63) is 66.0 Å². The lowest BCUT2D eigenvalue weighted by Crippen LogP contribution is -2.23. The highest BCUT2D eigenvalue weighted by atomic mass is 16.2. The first-order valence-corrected chi connectivity index (χ1v) is 9.49. The zero-order chi connectivity index (χ0) is 19.3. The molecule has 0 atom stereocenters. The van der Waals surface area contributed by atoms with Crippen molar-refractivity contribution in [2.24, 2.45) is 0 Å². The normalized spacial score (nSPS) is 14.3. The highest BCUT2D eigenvalue weighted by Gasteiger charge is 2.21. The van der Waals surface area contributed by atoms with E-state index in [4.69, 9.17) is 0 Å². The van der Waals surface area contributed by atoms with Crippen LogP contribution in [0.2, 0.25) is 0 Å². The van der Waals surface area contributed by atoms with Gasteiger partial charge in [0, 0.05) is 37.7 Å². The minimum Gasteiger partial charge on any atom is -0.352 e. The highest BCUT2D eigenvalue weighted by Crippen LogP contribution is 2.21. The summed E-state index contributed by atoms with van der Waals surface area (Å²) in [6.45, 7) is 1.29. The van der Waals surface area contributed by atoms with Gasteiger partial charge in [-0.3, -0.25) is 9.59 Å². The molecule has 1 fully saturated rings. The number of nitrogens with one attached hydrogen (secondary N) is 2. The number of anilines is 1. The first-order valence-electron chi connectivity index (χ1n) is 9.49. The summed E-state index contributed by atoms with van der Waals surface area (Å²) in [6, 6.07) is 15.5. The molecule has 0 unspecified atom stereocenters. The third-order valence-corrected chi connectivity index (χ3v) is 4.80. The van der Waals surface area contributed by atoms with Crippen LogP contribution in [0.15, 0.2) is 54.6 Å². The Morgan fingerprint density at radius 3 is 2.75 bits per heavy atom. The number of amides is 2. The van der Waals surface area contributed by atoms with Crippen molar-refractivity contribution in [3.63, 3.8) is 0 Å². The number of benzene rings is 2. The van der Waals surface area contributed by atoms with Crippen molar-refractivity contribution in [2.75, 3.05) is 18.0 Å². The van der Waals surface area contributed by atoms with Crippen LogP contribution in [0.1, 0.15) is 24.2 Å². The molecule has 1 aliphatic heterocycles. The highest BCUT2D eigenvalue weighted by molar-refractivity contribution is 5.95. The fraction of sp³-hybridized carbons (Fsp3) is 0.227. The fourth-order valence-corrected chi connectivity index (χ4v) is 3.35. The van der Waals surface area contributed by atoms with Gasteiger partial charge < -0.3 is 15.2 Å². The average molecular weight is 374 g/mol. The maximum absolute atomic E-state index is 12.0. The van der Waals surface area contributed by atoms with E-state index in [1.54, 1.807) is 11.0 Å². The summed E-state index contributed by atoms with van der Waals surface area (Å²) < 4.78 is 0. The quantitative estimate of drug-likeness (QED) is 0.651. The molecule has 2 amide bonds. The Hall–Kier alpha value is -3.41. The van der Waals surface area contributed by atoms with E-state index in [2.05, 4.69) is 15.3 Å². The molecule has 2 heterocycles. The van der Waals surface area contributed by atoms with Gasteiger partial charge in [-0.05, 0) is 42.3 Å². The zero-order valence-corrected chi connectivity index (χ0v) is 15.5. The molecular formula is C22H22N4O2. The van der Waals surface area contributed by atoms with Gasteiger partial charge in [-0.25, -0.2) is 4.98 Å². The monoisotopic (exact) mass is 374 g/mol. The maximum atomic E-state index is 12.0. The number of hydrogen-bond acceptors (Lipinski definition) is 3. The topological polar surface area (TPSA) is 78.1 Å². The molecule has 1 aliphatic rings. The lowest BCUT2D eigenvalue weighted by atomic mass is 10.2. The summed E-state index contributed by atoms with van der Waals surface area (Å²) in [5.74, 6) is 0.888. The van der Waals surface area contributed by atoms with Crippen LogP contribution in [0, 0.1) is 0 Å². The second kappa shape index (κ2) is 8.08. The van der Waals surface area contributed by atoms with Gasteiger partial charge in [0.2, 0.25) is 11.8 Å². The Balaban J connectivity index is 1.27.